The number of benzene rings is 2. The predicted molar refractivity (Wildman–Crippen MR) is 117 cm³/mol. The predicted octanol–water partition coefficient (Wildman–Crippen LogP) is 1.74. The number of nitrogens with zero attached hydrogens (tertiary/aromatic N) is 3. The van der Waals surface area contributed by atoms with Crippen molar-refractivity contribution in [1.29, 1.82) is 0 Å². The van der Waals surface area contributed by atoms with Crippen LogP contribution < -0.4 is 9.62 Å². The van der Waals surface area contributed by atoms with Crippen LogP contribution in [0.15, 0.2) is 48.5 Å². The Kier molecular flexibility index (Phi) is 8.28. The number of hydrogen-bond acceptors (Lipinski definition) is 4. The molecule has 8 nitrogen and oxygen atoms in total. The van der Waals surface area contributed by atoms with Crippen molar-refractivity contribution < 1.29 is 26.8 Å². The quantitative estimate of drug-likeness (QED) is 0.607. The molecule has 0 aliphatic carbocycles. The van der Waals surface area contributed by atoms with Crippen molar-refractivity contribution in [3.8, 4) is 0 Å². The van der Waals surface area contributed by atoms with Crippen LogP contribution in [0.1, 0.15) is 12.5 Å². The van der Waals surface area contributed by atoms with Gasteiger partial charge in [-0.2, -0.15) is 12.7 Å². The van der Waals surface area contributed by atoms with Crippen molar-refractivity contribution >= 4 is 27.7 Å². The van der Waals surface area contributed by atoms with Crippen LogP contribution in [-0.4, -0.2) is 63.2 Å². The first kappa shape index (κ1) is 25.2. The number of hydrogen-bond donors (Lipinski definition) is 1. The number of carbonyl (C=O) groups is 2. The van der Waals surface area contributed by atoms with Crippen molar-refractivity contribution in [2.24, 2.45) is 0 Å². The van der Waals surface area contributed by atoms with E-state index < -0.39 is 46.2 Å². The van der Waals surface area contributed by atoms with Crippen molar-refractivity contribution in [2.45, 2.75) is 19.5 Å². The maximum atomic E-state index is 14.5. The number of nitrogens with one attached hydrogen (secondary N) is 1. The summed E-state index contributed by atoms with van der Waals surface area (Å²) in [5.74, 6) is -2.76. The van der Waals surface area contributed by atoms with Gasteiger partial charge in [0.1, 0.15) is 24.2 Å². The molecule has 2 amide bonds. The third kappa shape index (κ3) is 5.60. The maximum absolute atomic E-state index is 14.5. The first-order valence-corrected chi connectivity index (χ1v) is 11.1. The van der Waals surface area contributed by atoms with Crippen LogP contribution in [0.5, 0.6) is 0 Å². The van der Waals surface area contributed by atoms with E-state index in [1.54, 1.807) is 6.07 Å². The van der Waals surface area contributed by atoms with E-state index in [-0.39, 0.29) is 17.8 Å². The van der Waals surface area contributed by atoms with Gasteiger partial charge in [-0.3, -0.25) is 9.59 Å². The van der Waals surface area contributed by atoms with E-state index in [1.807, 2.05) is 0 Å². The Morgan fingerprint density at radius 1 is 1.00 bits per heavy atom. The average Bonchev–Trinajstić information content (AvgIpc) is 2.76. The molecule has 11 heteroatoms. The summed E-state index contributed by atoms with van der Waals surface area (Å²) in [4.78, 5) is 26.6. The molecule has 0 radical (unpaired) electrons. The third-order valence-electron chi connectivity index (χ3n) is 4.85. The van der Waals surface area contributed by atoms with E-state index in [9.17, 15) is 26.8 Å². The maximum Gasteiger partial charge on any atom is 0.304 e. The number of rotatable bonds is 9. The molecule has 2 aromatic rings. The fraction of sp³-hybridized carbons (Fsp3) is 0.333. The number of anilines is 1. The molecule has 2 aromatic carbocycles. The van der Waals surface area contributed by atoms with E-state index in [2.05, 4.69) is 5.32 Å². The van der Waals surface area contributed by atoms with Gasteiger partial charge in [-0.05, 0) is 25.1 Å². The van der Waals surface area contributed by atoms with Gasteiger partial charge in [-0.1, -0.05) is 30.3 Å². The minimum Gasteiger partial charge on any atom is -0.357 e. The molecule has 1 atom stereocenters. The van der Waals surface area contributed by atoms with Gasteiger partial charge in [0.05, 0.1) is 5.69 Å². The third-order valence-corrected chi connectivity index (χ3v) is 6.66. The summed E-state index contributed by atoms with van der Waals surface area (Å²) in [7, 11) is -0.394. The lowest BCUT2D eigenvalue weighted by atomic mass is 10.1. The van der Waals surface area contributed by atoms with Crippen LogP contribution in [0.4, 0.5) is 14.5 Å². The highest BCUT2D eigenvalue weighted by atomic mass is 32.2. The molecular weight excluding hydrogens is 442 g/mol. The minimum absolute atomic E-state index is 0.143. The molecular formula is C21H26F2N4O4S. The zero-order chi connectivity index (χ0) is 24.1. The second-order valence-electron chi connectivity index (χ2n) is 7.15. The van der Waals surface area contributed by atoms with Gasteiger partial charge in [-0.25, -0.2) is 13.1 Å². The zero-order valence-electron chi connectivity index (χ0n) is 18.2. The molecule has 32 heavy (non-hydrogen) atoms. The normalized spacial score (nSPS) is 12.3. The summed E-state index contributed by atoms with van der Waals surface area (Å²) in [5.41, 5.74) is -0.183. The topological polar surface area (TPSA) is 90.0 Å². The zero-order valence-corrected chi connectivity index (χ0v) is 19.1. The van der Waals surface area contributed by atoms with Gasteiger partial charge in [-0.15, -0.1) is 0 Å². The second kappa shape index (κ2) is 10.5. The van der Waals surface area contributed by atoms with Gasteiger partial charge in [0.2, 0.25) is 11.8 Å². The Labute approximate surface area is 186 Å². The highest BCUT2D eigenvalue weighted by Gasteiger charge is 2.33. The lowest BCUT2D eigenvalue weighted by Gasteiger charge is -2.32. The summed E-state index contributed by atoms with van der Waals surface area (Å²) in [6.45, 7) is 0.357. The van der Waals surface area contributed by atoms with Crippen molar-refractivity contribution in [3.05, 3.63) is 65.7 Å². The molecule has 2 rings (SSSR count). The molecule has 1 unspecified atom stereocenters. The summed E-state index contributed by atoms with van der Waals surface area (Å²) in [5, 5.41) is 2.42. The molecule has 0 saturated heterocycles. The summed E-state index contributed by atoms with van der Waals surface area (Å²) >= 11 is 0. The highest BCUT2D eigenvalue weighted by molar-refractivity contribution is 7.90. The number of likely N-dealkylation sites (N-methyl/N-ethyl adjacent to an activating group) is 1. The van der Waals surface area contributed by atoms with E-state index in [1.165, 1.54) is 64.5 Å². The molecule has 0 aliphatic rings. The van der Waals surface area contributed by atoms with Crippen LogP contribution in [-0.2, 0) is 26.3 Å². The molecule has 0 saturated carbocycles. The second-order valence-corrected chi connectivity index (χ2v) is 9.22. The number of halogens is 2. The van der Waals surface area contributed by atoms with Crippen molar-refractivity contribution in [2.75, 3.05) is 32.0 Å². The van der Waals surface area contributed by atoms with Gasteiger partial charge in [0.15, 0.2) is 0 Å². The SMILES string of the molecule is CNC(=O)C(C)N(Cc1ccccc1F)C(=O)CN(c1ccccc1F)S(=O)(=O)N(C)C. The van der Waals surface area contributed by atoms with Crippen molar-refractivity contribution in [1.82, 2.24) is 14.5 Å². The van der Waals surface area contributed by atoms with Crippen LogP contribution in [0.2, 0.25) is 0 Å². The van der Waals surface area contributed by atoms with Gasteiger partial charge >= 0.3 is 10.2 Å². The molecule has 1 N–H and O–H groups in total. The van der Waals surface area contributed by atoms with Crippen LogP contribution in [0.25, 0.3) is 0 Å². The van der Waals surface area contributed by atoms with Crippen molar-refractivity contribution in [3.63, 3.8) is 0 Å². The minimum atomic E-state index is -4.27. The molecule has 0 aliphatic heterocycles. The Morgan fingerprint density at radius 3 is 2.09 bits per heavy atom. The fourth-order valence-electron chi connectivity index (χ4n) is 2.96. The molecule has 174 valence electrons. The van der Waals surface area contributed by atoms with E-state index in [4.69, 9.17) is 0 Å². The van der Waals surface area contributed by atoms with Gasteiger partial charge < -0.3 is 10.2 Å². The molecule has 0 spiro atoms. The first-order chi connectivity index (χ1) is 15.0. The fourth-order valence-corrected chi connectivity index (χ4v) is 4.02. The average molecular weight is 469 g/mol. The number of para-hydroxylation sites is 1. The largest absolute Gasteiger partial charge is 0.357 e. The molecule has 0 fully saturated rings. The molecule has 0 aromatic heterocycles. The van der Waals surface area contributed by atoms with Gasteiger partial charge in [0.25, 0.3) is 0 Å². The lowest BCUT2D eigenvalue weighted by molar-refractivity contribution is -0.139. The Bertz CT molecular complexity index is 1080. The summed E-state index contributed by atoms with van der Waals surface area (Å²) in [6, 6.07) is 9.81. The highest BCUT2D eigenvalue weighted by Crippen LogP contribution is 2.24. The Hall–Kier alpha value is -3.05. The van der Waals surface area contributed by atoms with Crippen LogP contribution in [0, 0.1) is 11.6 Å². The number of amides is 2. The van der Waals surface area contributed by atoms with E-state index in [0.29, 0.717) is 4.31 Å². The molecule has 0 heterocycles. The Morgan fingerprint density at radius 2 is 1.56 bits per heavy atom. The van der Waals surface area contributed by atoms with Crippen LogP contribution in [0.3, 0.4) is 0 Å². The smallest absolute Gasteiger partial charge is 0.304 e. The Balaban J connectivity index is 2.48. The van der Waals surface area contributed by atoms with E-state index >= 15 is 0 Å². The van der Waals surface area contributed by atoms with E-state index in [0.717, 1.165) is 15.3 Å². The van der Waals surface area contributed by atoms with Gasteiger partial charge in [0, 0.05) is 33.3 Å². The standard InChI is InChI=1S/C21H26F2N4O4S/c1-15(21(29)24-2)26(13-16-9-5-6-10-17(16)22)20(28)14-27(32(30,31)25(3)4)19-12-8-7-11-18(19)23/h5-12,15H,13-14H2,1-4H3,(H,24,29). The number of carbonyl (C=O) groups excluding carboxylic acids is 2. The molecule has 0 bridgehead atoms. The van der Waals surface area contributed by atoms with Crippen LogP contribution >= 0.6 is 0 Å². The monoisotopic (exact) mass is 468 g/mol. The lowest BCUT2D eigenvalue weighted by Crippen LogP contribution is -2.52. The summed E-state index contributed by atoms with van der Waals surface area (Å²) in [6.07, 6.45) is 0. The first-order valence-electron chi connectivity index (χ1n) is 9.69. The summed E-state index contributed by atoms with van der Waals surface area (Å²) < 4.78 is 55.9.